The number of hydrogen-bond acceptors (Lipinski definition) is 4. The lowest BCUT2D eigenvalue weighted by atomic mass is 9.79. The predicted molar refractivity (Wildman–Crippen MR) is 102 cm³/mol. The summed E-state index contributed by atoms with van der Waals surface area (Å²) in [4.78, 5) is 14.8. The molecule has 0 bridgehead atoms. The molecule has 1 fully saturated rings. The maximum absolute atomic E-state index is 12.4. The fraction of sp³-hybridized carbons (Fsp3) is 0.333. The molecule has 4 rings (SSSR count). The molecule has 1 aliphatic heterocycles. The topological polar surface area (TPSA) is 32.7 Å². The van der Waals surface area contributed by atoms with Crippen LogP contribution in [-0.2, 0) is 4.79 Å². The van der Waals surface area contributed by atoms with Gasteiger partial charge in [-0.1, -0.05) is 12.1 Å². The summed E-state index contributed by atoms with van der Waals surface area (Å²) in [6, 6.07) is 8.31. The van der Waals surface area contributed by atoms with Gasteiger partial charge in [-0.15, -0.1) is 34.3 Å². The largest absolute Gasteiger partial charge is 0.272 e. The van der Waals surface area contributed by atoms with Gasteiger partial charge in [0, 0.05) is 15.7 Å². The number of rotatable bonds is 3. The number of halogens is 1. The molecule has 1 saturated carbocycles. The molecule has 6 heteroatoms. The van der Waals surface area contributed by atoms with Crippen molar-refractivity contribution >= 4 is 52.0 Å². The molecule has 1 amide bonds. The Bertz CT molecular complexity index is 780. The van der Waals surface area contributed by atoms with Gasteiger partial charge in [0.2, 0.25) is 0 Å². The Morgan fingerprint density at radius 3 is 2.88 bits per heavy atom. The van der Waals surface area contributed by atoms with Crippen LogP contribution in [0.5, 0.6) is 0 Å². The Hall–Kier alpha value is -1.43. The number of thiophene rings is 2. The van der Waals surface area contributed by atoms with Crippen molar-refractivity contribution in [3.05, 3.63) is 50.4 Å². The van der Waals surface area contributed by atoms with Crippen LogP contribution in [0.2, 0.25) is 0 Å². The molecule has 2 aliphatic rings. The van der Waals surface area contributed by atoms with Crippen molar-refractivity contribution in [2.45, 2.75) is 25.3 Å². The minimum absolute atomic E-state index is 0.00159. The molecule has 2 aromatic heterocycles. The van der Waals surface area contributed by atoms with Crippen molar-refractivity contribution in [2.24, 2.45) is 11.0 Å². The van der Waals surface area contributed by atoms with Gasteiger partial charge in [-0.3, -0.25) is 4.79 Å². The van der Waals surface area contributed by atoms with E-state index in [0.29, 0.717) is 0 Å². The van der Waals surface area contributed by atoms with Crippen LogP contribution in [0.1, 0.15) is 35.1 Å². The monoisotopic (exact) mass is 376 g/mol. The summed E-state index contributed by atoms with van der Waals surface area (Å²) in [6.45, 7) is 0. The molecule has 2 aromatic rings. The summed E-state index contributed by atoms with van der Waals surface area (Å²) < 4.78 is 0. The van der Waals surface area contributed by atoms with Gasteiger partial charge in [0.05, 0.1) is 11.8 Å². The van der Waals surface area contributed by atoms with Gasteiger partial charge in [0.25, 0.3) is 5.91 Å². The summed E-state index contributed by atoms with van der Waals surface area (Å²) in [5.74, 6) is 0.123. The Morgan fingerprint density at radius 1 is 1.33 bits per heavy atom. The lowest BCUT2D eigenvalue weighted by Gasteiger charge is -2.28. The number of hydrogen-bond donors (Lipinski definition) is 0. The molecule has 0 radical (unpaired) electrons. The Morgan fingerprint density at radius 2 is 2.17 bits per heavy atom. The van der Waals surface area contributed by atoms with Crippen molar-refractivity contribution < 1.29 is 4.79 Å². The number of amides is 1. The van der Waals surface area contributed by atoms with Crippen LogP contribution in [0.15, 0.2) is 45.7 Å². The maximum atomic E-state index is 12.4. The second-order valence-electron chi connectivity index (χ2n) is 6.00. The van der Waals surface area contributed by atoms with Crippen molar-refractivity contribution in [1.29, 1.82) is 0 Å². The molecule has 2 unspecified atom stereocenters. The zero-order valence-corrected chi connectivity index (χ0v) is 15.4. The minimum atomic E-state index is -0.118. The standard InChI is InChI=1S/C18H17ClN2OS2/c19-11-16(22)21-18(15-7-3-9-24-15)14-6-1-4-12(17(14)20-21)10-13-5-2-8-23-13/h2-3,5,7-10,14,18H,1,4,6,11H2/b12-10+. The van der Waals surface area contributed by atoms with E-state index >= 15 is 0 Å². The van der Waals surface area contributed by atoms with Gasteiger partial charge in [-0.05, 0) is 53.8 Å². The van der Waals surface area contributed by atoms with E-state index in [0.717, 1.165) is 25.0 Å². The molecule has 0 spiro atoms. The fourth-order valence-corrected chi connectivity index (χ4v) is 5.23. The van der Waals surface area contributed by atoms with Gasteiger partial charge in [0.1, 0.15) is 5.88 Å². The molecule has 24 heavy (non-hydrogen) atoms. The first kappa shape index (κ1) is 16.1. The molecule has 0 N–H and O–H groups in total. The van der Waals surface area contributed by atoms with E-state index in [4.69, 9.17) is 16.7 Å². The van der Waals surface area contributed by atoms with E-state index in [2.05, 4.69) is 35.0 Å². The fourth-order valence-electron chi connectivity index (χ4n) is 3.55. The number of hydrazone groups is 1. The zero-order valence-electron chi connectivity index (χ0n) is 13.0. The molecule has 124 valence electrons. The average molecular weight is 377 g/mol. The van der Waals surface area contributed by atoms with Gasteiger partial charge in [-0.25, -0.2) is 5.01 Å². The van der Waals surface area contributed by atoms with E-state index in [-0.39, 0.29) is 23.7 Å². The van der Waals surface area contributed by atoms with Crippen LogP contribution in [-0.4, -0.2) is 22.5 Å². The lowest BCUT2D eigenvalue weighted by molar-refractivity contribution is -0.130. The molecular formula is C18H17ClN2OS2. The summed E-state index contributed by atoms with van der Waals surface area (Å²) in [6.07, 6.45) is 5.45. The van der Waals surface area contributed by atoms with Gasteiger partial charge < -0.3 is 0 Å². The van der Waals surface area contributed by atoms with Gasteiger partial charge in [0.15, 0.2) is 0 Å². The first-order valence-electron chi connectivity index (χ1n) is 8.02. The summed E-state index contributed by atoms with van der Waals surface area (Å²) in [5.41, 5.74) is 2.34. The number of alkyl halides is 1. The second kappa shape index (κ2) is 6.82. The van der Waals surface area contributed by atoms with E-state index in [1.54, 1.807) is 27.7 Å². The van der Waals surface area contributed by atoms with Crippen LogP contribution in [0.25, 0.3) is 6.08 Å². The highest BCUT2D eigenvalue weighted by molar-refractivity contribution is 7.11. The summed E-state index contributed by atoms with van der Waals surface area (Å²) in [5, 5.41) is 10.5. The van der Waals surface area contributed by atoms with Crippen molar-refractivity contribution in [3.8, 4) is 0 Å². The maximum Gasteiger partial charge on any atom is 0.258 e. The van der Waals surface area contributed by atoms with Crippen LogP contribution in [0.4, 0.5) is 0 Å². The normalized spacial score (nSPS) is 25.0. The SMILES string of the molecule is O=C(CCl)N1N=C2/C(=C/c3cccs3)CCCC2C1c1cccs1. The third-order valence-corrected chi connectivity index (χ3v) is 6.56. The predicted octanol–water partition coefficient (Wildman–Crippen LogP) is 5.17. The molecule has 3 nitrogen and oxygen atoms in total. The van der Waals surface area contributed by atoms with Crippen molar-refractivity contribution in [1.82, 2.24) is 5.01 Å². The number of allylic oxidation sites excluding steroid dienone is 1. The Labute approximate surface area is 154 Å². The first-order chi connectivity index (χ1) is 11.8. The molecule has 2 atom stereocenters. The summed E-state index contributed by atoms with van der Waals surface area (Å²) >= 11 is 9.25. The second-order valence-corrected chi connectivity index (χ2v) is 8.23. The van der Waals surface area contributed by atoms with E-state index < -0.39 is 0 Å². The van der Waals surface area contributed by atoms with E-state index in [1.807, 2.05) is 6.07 Å². The first-order valence-corrected chi connectivity index (χ1v) is 10.3. The number of nitrogens with zero attached hydrogens (tertiary/aromatic N) is 2. The number of fused-ring (bicyclic) bond motifs is 1. The van der Waals surface area contributed by atoms with Crippen LogP contribution in [0.3, 0.4) is 0 Å². The third-order valence-electron chi connectivity index (χ3n) is 4.57. The molecule has 0 saturated heterocycles. The summed E-state index contributed by atoms with van der Waals surface area (Å²) in [7, 11) is 0. The smallest absolute Gasteiger partial charge is 0.258 e. The van der Waals surface area contributed by atoms with Crippen LogP contribution in [0, 0.1) is 5.92 Å². The van der Waals surface area contributed by atoms with Gasteiger partial charge in [-0.2, -0.15) is 5.10 Å². The highest BCUT2D eigenvalue weighted by Crippen LogP contribution is 2.45. The van der Waals surface area contributed by atoms with Crippen molar-refractivity contribution in [2.75, 3.05) is 5.88 Å². The lowest BCUT2D eigenvalue weighted by Crippen LogP contribution is -2.31. The Balaban J connectivity index is 1.74. The third kappa shape index (κ3) is 2.85. The highest BCUT2D eigenvalue weighted by atomic mass is 35.5. The average Bonchev–Trinajstić information content (AvgIpc) is 3.33. The minimum Gasteiger partial charge on any atom is -0.272 e. The molecule has 3 heterocycles. The van der Waals surface area contributed by atoms with Crippen LogP contribution >= 0.6 is 34.3 Å². The number of carbonyl (C=O) groups is 1. The number of carbonyl (C=O) groups excluding carboxylic acids is 1. The van der Waals surface area contributed by atoms with Gasteiger partial charge >= 0.3 is 0 Å². The van der Waals surface area contributed by atoms with E-state index in [9.17, 15) is 4.79 Å². The Kier molecular flexibility index (Phi) is 4.57. The molecular weight excluding hydrogens is 360 g/mol. The molecule has 1 aliphatic carbocycles. The molecule has 0 aromatic carbocycles. The van der Waals surface area contributed by atoms with E-state index in [1.165, 1.54) is 15.3 Å². The highest BCUT2D eigenvalue weighted by Gasteiger charge is 2.43. The van der Waals surface area contributed by atoms with Crippen molar-refractivity contribution in [3.63, 3.8) is 0 Å². The zero-order chi connectivity index (χ0) is 16.5. The quantitative estimate of drug-likeness (QED) is 0.680. The van der Waals surface area contributed by atoms with Crippen LogP contribution < -0.4 is 0 Å².